The maximum atomic E-state index is 13.2. The Morgan fingerprint density at radius 1 is 0.667 bits per heavy atom. The zero-order valence-corrected chi connectivity index (χ0v) is 34.7. The van der Waals surface area contributed by atoms with Gasteiger partial charge in [-0.2, -0.15) is 4.21 Å². The number of anilines is 2. The van der Waals surface area contributed by atoms with Gasteiger partial charge < -0.3 is 27.9 Å². The van der Waals surface area contributed by atoms with Crippen molar-refractivity contribution in [3.05, 3.63) is 165 Å². The van der Waals surface area contributed by atoms with Gasteiger partial charge in [0.1, 0.15) is 23.9 Å². The molecular weight excluding hydrogens is 860 g/mol. The summed E-state index contributed by atoms with van der Waals surface area (Å²) in [5.74, 6) is -0.916. The maximum absolute atomic E-state index is 13.2. The number of nitrogens with one attached hydrogen (secondary N) is 2. The van der Waals surface area contributed by atoms with Crippen LogP contribution >= 0.6 is 35.5 Å². The summed E-state index contributed by atoms with van der Waals surface area (Å²) in [6.07, 6.45) is 0. The molecule has 0 saturated carbocycles. The van der Waals surface area contributed by atoms with Crippen molar-refractivity contribution < 1.29 is 55.7 Å². The highest BCUT2D eigenvalue weighted by Gasteiger charge is 2.20. The minimum atomic E-state index is -2.13. The smallest absolute Gasteiger partial charge is 0.417 e. The van der Waals surface area contributed by atoms with Crippen LogP contribution in [0.2, 0.25) is 10.0 Å². The predicted molar refractivity (Wildman–Crippen MR) is 227 cm³/mol. The van der Waals surface area contributed by atoms with E-state index in [0.29, 0.717) is 56.8 Å². The normalized spacial score (nSPS) is 11.3. The van der Waals surface area contributed by atoms with E-state index in [4.69, 9.17) is 55.1 Å². The molecule has 6 aromatic rings. The molecule has 0 aliphatic rings. The average Bonchev–Trinajstić information content (AvgIpc) is 3.23. The second-order valence-electron chi connectivity index (χ2n) is 12.8. The molecule has 1 amide bonds. The van der Waals surface area contributed by atoms with Crippen molar-refractivity contribution in [3.8, 4) is 34.1 Å². The van der Waals surface area contributed by atoms with E-state index in [1.54, 1.807) is 72.8 Å². The SMILES string of the molecule is Cc1ccc(OOSOc2ccc(C(=O)Nc3ccc(-c4ccc(NOCc5ccc(OS(=O)Oc6ccc(C)cc6)cc5COO)c(Cl)c4)cc3Cl)c(C(=O)O)c2)cc1. The molecular formula is C42H34Cl2N2O12S2. The van der Waals surface area contributed by atoms with Gasteiger partial charge in [-0.3, -0.25) is 20.4 Å². The Labute approximate surface area is 360 Å². The lowest BCUT2D eigenvalue weighted by atomic mass is 10.0. The minimum absolute atomic E-state index is 0.0210. The van der Waals surface area contributed by atoms with Gasteiger partial charge in [-0.1, -0.05) is 81.1 Å². The summed E-state index contributed by atoms with van der Waals surface area (Å²) in [4.78, 5) is 40.5. The number of carbonyl (C=O) groups excluding carboxylic acids is 1. The van der Waals surface area contributed by atoms with Crippen molar-refractivity contribution in [2.24, 2.45) is 0 Å². The third-order valence-electron chi connectivity index (χ3n) is 8.45. The summed E-state index contributed by atoms with van der Waals surface area (Å²) < 4.78 is 33.5. The van der Waals surface area contributed by atoms with Gasteiger partial charge in [-0.05, 0) is 115 Å². The summed E-state index contributed by atoms with van der Waals surface area (Å²) >= 11 is 11.5. The summed E-state index contributed by atoms with van der Waals surface area (Å²) in [5, 5.41) is 22.1. The van der Waals surface area contributed by atoms with E-state index in [2.05, 4.69) is 15.7 Å². The molecule has 0 aliphatic heterocycles. The van der Waals surface area contributed by atoms with Gasteiger partial charge in [0, 0.05) is 0 Å². The monoisotopic (exact) mass is 892 g/mol. The number of carboxylic acids is 1. The minimum Gasteiger partial charge on any atom is -0.478 e. The molecule has 0 aromatic heterocycles. The van der Waals surface area contributed by atoms with E-state index in [-0.39, 0.29) is 46.5 Å². The molecule has 6 rings (SSSR count). The number of hydrogen-bond acceptors (Lipinski definition) is 13. The van der Waals surface area contributed by atoms with Gasteiger partial charge in [0.05, 0.1) is 39.2 Å². The Kier molecular flexibility index (Phi) is 15.3. The zero-order valence-electron chi connectivity index (χ0n) is 31.5. The molecule has 0 spiro atoms. The third-order valence-corrected chi connectivity index (χ3v) is 10.1. The lowest BCUT2D eigenvalue weighted by molar-refractivity contribution is -0.253. The van der Waals surface area contributed by atoms with Crippen molar-refractivity contribution in [1.82, 2.24) is 0 Å². The van der Waals surface area contributed by atoms with Crippen LogP contribution in [-0.4, -0.2) is 26.4 Å². The number of benzene rings is 6. The van der Waals surface area contributed by atoms with Crippen molar-refractivity contribution in [2.45, 2.75) is 27.1 Å². The van der Waals surface area contributed by atoms with E-state index in [1.807, 2.05) is 38.1 Å². The predicted octanol–water partition coefficient (Wildman–Crippen LogP) is 10.8. The topological polar surface area (TPSA) is 180 Å². The van der Waals surface area contributed by atoms with Crippen molar-refractivity contribution in [2.75, 3.05) is 10.8 Å². The van der Waals surface area contributed by atoms with Crippen LogP contribution in [-0.2, 0) is 38.6 Å². The quantitative estimate of drug-likeness (QED) is 0.0261. The first-order valence-corrected chi connectivity index (χ1v) is 20.0. The molecule has 1 atom stereocenters. The Morgan fingerprint density at radius 2 is 1.27 bits per heavy atom. The highest BCUT2D eigenvalue weighted by atomic mass is 35.5. The van der Waals surface area contributed by atoms with Crippen LogP contribution < -0.4 is 28.2 Å². The van der Waals surface area contributed by atoms with Gasteiger partial charge in [-0.15, -0.1) is 0 Å². The number of carboxylic acid groups (broad SMARTS) is 1. The molecule has 0 fully saturated rings. The van der Waals surface area contributed by atoms with Crippen molar-refractivity contribution >= 4 is 70.1 Å². The van der Waals surface area contributed by atoms with Crippen LogP contribution in [0.3, 0.4) is 0 Å². The standard InChI is InChI=1S/C42H34Cl2N2O12S2/c1-25-3-10-31(11-4-25)54-58-59-55-33-15-16-35(36(22-33)42(48)49)41(47)45-39-17-8-27(20-37(39)43)28-9-18-40(38(44)21-28)46-52-23-29-7-14-34(19-30(29)24-53-50)57-60(51)56-32-12-5-26(2)6-13-32/h3-22,46,50H,23-24H2,1-2H3,(H,45,47)(H,48,49). The van der Waals surface area contributed by atoms with Crippen LogP contribution in [0.25, 0.3) is 11.1 Å². The lowest BCUT2D eigenvalue weighted by Crippen LogP contribution is -2.16. The number of halogens is 2. The first kappa shape index (κ1) is 43.8. The summed E-state index contributed by atoms with van der Waals surface area (Å²) in [6, 6.07) is 32.8. The summed E-state index contributed by atoms with van der Waals surface area (Å²) in [7, 11) is 0. The number of amides is 1. The van der Waals surface area contributed by atoms with E-state index in [9.17, 15) is 18.9 Å². The van der Waals surface area contributed by atoms with E-state index in [1.165, 1.54) is 24.3 Å². The highest BCUT2D eigenvalue weighted by molar-refractivity contribution is 7.90. The second-order valence-corrected chi connectivity index (χ2v) is 14.7. The molecule has 310 valence electrons. The molecule has 18 heteroatoms. The van der Waals surface area contributed by atoms with Gasteiger partial charge in [-0.25, -0.2) is 9.68 Å². The van der Waals surface area contributed by atoms with Crippen LogP contribution in [0.15, 0.2) is 121 Å². The number of aromatic carboxylic acids is 1. The third kappa shape index (κ3) is 12.1. The van der Waals surface area contributed by atoms with Gasteiger partial charge in [0.2, 0.25) is 0 Å². The Morgan fingerprint density at radius 3 is 1.90 bits per heavy atom. The first-order valence-electron chi connectivity index (χ1n) is 17.6. The van der Waals surface area contributed by atoms with E-state index in [0.717, 1.165) is 11.1 Å². The maximum Gasteiger partial charge on any atom is 0.417 e. The number of rotatable bonds is 19. The zero-order chi connectivity index (χ0) is 42.6. The molecule has 6 aromatic carbocycles. The molecule has 14 nitrogen and oxygen atoms in total. The first-order chi connectivity index (χ1) is 28.9. The van der Waals surface area contributed by atoms with Crippen molar-refractivity contribution in [3.63, 3.8) is 0 Å². The Balaban J connectivity index is 1.02. The molecule has 1 unspecified atom stereocenters. The van der Waals surface area contributed by atoms with E-state index < -0.39 is 23.2 Å². The highest BCUT2D eigenvalue weighted by Crippen LogP contribution is 2.34. The second kappa shape index (κ2) is 20.9. The molecule has 4 N–H and O–H groups in total. The summed E-state index contributed by atoms with van der Waals surface area (Å²) in [5.41, 5.74) is 7.62. The number of carbonyl (C=O) groups is 2. The summed E-state index contributed by atoms with van der Waals surface area (Å²) in [6.45, 7) is 3.67. The van der Waals surface area contributed by atoms with Gasteiger partial charge >= 0.3 is 17.3 Å². The molecule has 60 heavy (non-hydrogen) atoms. The van der Waals surface area contributed by atoms with Crippen LogP contribution in [0, 0.1) is 13.8 Å². The van der Waals surface area contributed by atoms with Crippen LogP contribution in [0.4, 0.5) is 11.4 Å². The van der Waals surface area contributed by atoms with E-state index >= 15 is 0 Å². The number of hydrogen-bond donors (Lipinski definition) is 4. The Bertz CT molecular complexity index is 2490. The largest absolute Gasteiger partial charge is 0.478 e. The van der Waals surface area contributed by atoms with Gasteiger partial charge in [0.25, 0.3) is 18.2 Å². The molecule has 0 aliphatic carbocycles. The fourth-order valence-corrected chi connectivity index (χ4v) is 6.70. The average molecular weight is 894 g/mol. The Hall–Kier alpha value is -5.82. The fraction of sp³-hybridized carbons (Fsp3) is 0.0952. The van der Waals surface area contributed by atoms with Crippen LogP contribution in [0.1, 0.15) is 43.0 Å². The van der Waals surface area contributed by atoms with Crippen molar-refractivity contribution in [1.29, 1.82) is 0 Å². The molecule has 0 saturated heterocycles. The number of aryl methyl sites for hydroxylation is 2. The molecule has 0 heterocycles. The van der Waals surface area contributed by atoms with Crippen LogP contribution in [0.5, 0.6) is 23.0 Å². The fourth-order valence-electron chi connectivity index (χ4n) is 5.37. The molecule has 0 bridgehead atoms. The lowest BCUT2D eigenvalue weighted by Gasteiger charge is -2.14. The van der Waals surface area contributed by atoms with Gasteiger partial charge in [0.15, 0.2) is 5.75 Å². The molecule has 0 radical (unpaired) electrons.